The van der Waals surface area contributed by atoms with Gasteiger partial charge in [0.05, 0.1) is 12.8 Å². The molecule has 0 radical (unpaired) electrons. The first-order chi connectivity index (χ1) is 8.83. The van der Waals surface area contributed by atoms with E-state index in [9.17, 15) is 0 Å². The normalized spacial score (nSPS) is 10.3. The van der Waals surface area contributed by atoms with Crippen molar-refractivity contribution in [3.8, 4) is 11.6 Å². The van der Waals surface area contributed by atoms with Gasteiger partial charge >= 0.3 is 0 Å². The highest BCUT2D eigenvalue weighted by Crippen LogP contribution is 2.23. The lowest BCUT2D eigenvalue weighted by atomic mass is 10.2. The van der Waals surface area contributed by atoms with Crippen LogP contribution in [0.5, 0.6) is 11.6 Å². The molecule has 0 saturated heterocycles. The molecule has 0 aliphatic carbocycles. The maximum atomic E-state index is 5.68. The van der Waals surface area contributed by atoms with Gasteiger partial charge in [-0.3, -0.25) is 0 Å². The van der Waals surface area contributed by atoms with Crippen LogP contribution in [0.25, 0.3) is 0 Å². The fraction of sp³-hybridized carbons (Fsp3) is 0.231. The SMILES string of the molecule is COCc1cccc(Oc2nnccc2CN)c1. The number of methoxy groups -OCH3 is 1. The van der Waals surface area contributed by atoms with E-state index in [1.807, 2.05) is 24.3 Å². The van der Waals surface area contributed by atoms with Crippen LogP contribution >= 0.6 is 0 Å². The minimum Gasteiger partial charge on any atom is -0.437 e. The van der Waals surface area contributed by atoms with E-state index in [2.05, 4.69) is 10.2 Å². The molecule has 2 aromatic rings. The molecule has 1 aromatic carbocycles. The number of nitrogens with zero attached hydrogens (tertiary/aromatic N) is 2. The molecule has 2 N–H and O–H groups in total. The Labute approximate surface area is 106 Å². The third-order valence-electron chi connectivity index (χ3n) is 2.41. The van der Waals surface area contributed by atoms with Gasteiger partial charge in [-0.25, -0.2) is 0 Å². The fourth-order valence-corrected chi connectivity index (χ4v) is 1.56. The van der Waals surface area contributed by atoms with Gasteiger partial charge in [-0.2, -0.15) is 5.10 Å². The van der Waals surface area contributed by atoms with Crippen molar-refractivity contribution in [3.05, 3.63) is 47.7 Å². The minimum atomic E-state index is 0.364. The Bertz CT molecular complexity index is 517. The fourth-order valence-electron chi connectivity index (χ4n) is 1.56. The molecule has 1 heterocycles. The van der Waals surface area contributed by atoms with Crippen molar-refractivity contribution in [2.45, 2.75) is 13.2 Å². The molecule has 5 nitrogen and oxygen atoms in total. The van der Waals surface area contributed by atoms with Crippen LogP contribution in [0.15, 0.2) is 36.5 Å². The van der Waals surface area contributed by atoms with Gasteiger partial charge in [-0.15, -0.1) is 5.10 Å². The Balaban J connectivity index is 2.20. The molecular formula is C13H15N3O2. The molecule has 1 aromatic heterocycles. The van der Waals surface area contributed by atoms with E-state index in [4.69, 9.17) is 15.2 Å². The summed E-state index contributed by atoms with van der Waals surface area (Å²) in [5, 5.41) is 7.73. The van der Waals surface area contributed by atoms with E-state index in [1.54, 1.807) is 19.4 Å². The van der Waals surface area contributed by atoms with Crippen molar-refractivity contribution in [1.29, 1.82) is 0 Å². The quantitative estimate of drug-likeness (QED) is 0.870. The summed E-state index contributed by atoms with van der Waals surface area (Å²) in [6.07, 6.45) is 1.59. The highest BCUT2D eigenvalue weighted by Gasteiger charge is 2.05. The van der Waals surface area contributed by atoms with Crippen LogP contribution in [0.1, 0.15) is 11.1 Å². The average Bonchev–Trinajstić information content (AvgIpc) is 2.40. The van der Waals surface area contributed by atoms with E-state index >= 15 is 0 Å². The monoisotopic (exact) mass is 245 g/mol. The van der Waals surface area contributed by atoms with Gasteiger partial charge in [0.2, 0.25) is 5.88 Å². The number of benzene rings is 1. The smallest absolute Gasteiger partial charge is 0.243 e. The second-order valence-electron chi connectivity index (χ2n) is 3.75. The molecule has 0 unspecified atom stereocenters. The molecule has 5 heteroatoms. The number of hydrogen-bond donors (Lipinski definition) is 1. The van der Waals surface area contributed by atoms with Crippen LogP contribution in [0.4, 0.5) is 0 Å². The molecule has 0 amide bonds. The van der Waals surface area contributed by atoms with Crippen LogP contribution in [0.2, 0.25) is 0 Å². The number of aromatic nitrogens is 2. The minimum absolute atomic E-state index is 0.364. The highest BCUT2D eigenvalue weighted by molar-refractivity contribution is 5.33. The van der Waals surface area contributed by atoms with Crippen molar-refractivity contribution < 1.29 is 9.47 Å². The summed E-state index contributed by atoms with van der Waals surface area (Å²) < 4.78 is 10.8. The van der Waals surface area contributed by atoms with E-state index in [0.717, 1.165) is 11.1 Å². The second kappa shape index (κ2) is 6.09. The summed E-state index contributed by atoms with van der Waals surface area (Å²) in [7, 11) is 1.66. The topological polar surface area (TPSA) is 70.3 Å². The molecule has 18 heavy (non-hydrogen) atoms. The molecular weight excluding hydrogens is 230 g/mol. The number of nitrogens with two attached hydrogens (primary N) is 1. The van der Waals surface area contributed by atoms with Gasteiger partial charge < -0.3 is 15.2 Å². The van der Waals surface area contributed by atoms with Crippen molar-refractivity contribution in [3.63, 3.8) is 0 Å². The van der Waals surface area contributed by atoms with Gasteiger partial charge in [-0.1, -0.05) is 12.1 Å². The first-order valence-corrected chi connectivity index (χ1v) is 5.60. The Morgan fingerprint density at radius 1 is 1.28 bits per heavy atom. The molecule has 0 atom stereocenters. The first kappa shape index (κ1) is 12.5. The maximum Gasteiger partial charge on any atom is 0.243 e. The van der Waals surface area contributed by atoms with Crippen molar-refractivity contribution in [1.82, 2.24) is 10.2 Å². The molecule has 0 aliphatic heterocycles. The highest BCUT2D eigenvalue weighted by atomic mass is 16.5. The van der Waals surface area contributed by atoms with Gasteiger partial charge in [0, 0.05) is 19.2 Å². The van der Waals surface area contributed by atoms with Crippen molar-refractivity contribution >= 4 is 0 Å². The second-order valence-corrected chi connectivity index (χ2v) is 3.75. The Hall–Kier alpha value is -1.98. The van der Waals surface area contributed by atoms with E-state index < -0.39 is 0 Å². The largest absolute Gasteiger partial charge is 0.437 e. The molecule has 94 valence electrons. The van der Waals surface area contributed by atoms with Crippen LogP contribution in [0.3, 0.4) is 0 Å². The standard InChI is InChI=1S/C13H15N3O2/c1-17-9-10-3-2-4-12(7-10)18-13-11(8-14)5-6-15-16-13/h2-7H,8-9,14H2,1H3. The van der Waals surface area contributed by atoms with Gasteiger partial charge in [0.15, 0.2) is 0 Å². The predicted molar refractivity (Wildman–Crippen MR) is 67.2 cm³/mol. The van der Waals surface area contributed by atoms with Crippen LogP contribution < -0.4 is 10.5 Å². The average molecular weight is 245 g/mol. The third-order valence-corrected chi connectivity index (χ3v) is 2.41. The van der Waals surface area contributed by atoms with Gasteiger partial charge in [0.25, 0.3) is 0 Å². The van der Waals surface area contributed by atoms with Crippen LogP contribution in [0, 0.1) is 0 Å². The molecule has 0 aliphatic rings. The van der Waals surface area contributed by atoms with Crippen LogP contribution in [-0.4, -0.2) is 17.3 Å². The number of ether oxygens (including phenoxy) is 2. The number of rotatable bonds is 5. The van der Waals surface area contributed by atoms with Crippen LogP contribution in [-0.2, 0) is 17.9 Å². The molecule has 0 spiro atoms. The zero-order valence-corrected chi connectivity index (χ0v) is 10.2. The zero-order valence-electron chi connectivity index (χ0n) is 10.2. The lowest BCUT2D eigenvalue weighted by molar-refractivity contribution is 0.184. The molecule has 0 fully saturated rings. The lowest BCUT2D eigenvalue weighted by Crippen LogP contribution is -2.02. The predicted octanol–water partition coefficient (Wildman–Crippen LogP) is 1.87. The molecule has 2 rings (SSSR count). The summed E-state index contributed by atoms with van der Waals surface area (Å²) in [6.45, 7) is 0.907. The molecule has 0 bridgehead atoms. The summed E-state index contributed by atoms with van der Waals surface area (Å²) in [6, 6.07) is 9.42. The van der Waals surface area contributed by atoms with Gasteiger partial charge in [-0.05, 0) is 23.8 Å². The number of hydrogen-bond acceptors (Lipinski definition) is 5. The summed E-state index contributed by atoms with van der Waals surface area (Å²) in [5.74, 6) is 1.13. The first-order valence-electron chi connectivity index (χ1n) is 5.60. The third kappa shape index (κ3) is 3.03. The van der Waals surface area contributed by atoms with E-state index in [-0.39, 0.29) is 0 Å². The Kier molecular flexibility index (Phi) is 4.22. The summed E-state index contributed by atoms with van der Waals surface area (Å²) in [5.41, 5.74) is 7.47. The van der Waals surface area contributed by atoms with Crippen molar-refractivity contribution in [2.75, 3.05) is 7.11 Å². The van der Waals surface area contributed by atoms with E-state index in [0.29, 0.717) is 24.8 Å². The lowest BCUT2D eigenvalue weighted by Gasteiger charge is -2.08. The Morgan fingerprint density at radius 3 is 2.94 bits per heavy atom. The summed E-state index contributed by atoms with van der Waals surface area (Å²) >= 11 is 0. The van der Waals surface area contributed by atoms with Gasteiger partial charge in [0.1, 0.15) is 5.75 Å². The maximum absolute atomic E-state index is 5.68. The Morgan fingerprint density at radius 2 is 2.17 bits per heavy atom. The van der Waals surface area contributed by atoms with Crippen molar-refractivity contribution in [2.24, 2.45) is 5.73 Å². The zero-order chi connectivity index (χ0) is 12.8. The summed E-state index contributed by atoms with van der Waals surface area (Å²) in [4.78, 5) is 0. The molecule has 0 saturated carbocycles. The van der Waals surface area contributed by atoms with E-state index in [1.165, 1.54) is 0 Å².